The Kier molecular flexibility index (Phi) is 34.9. The number of nitriles is 2. The van der Waals surface area contributed by atoms with Crippen molar-refractivity contribution >= 4 is 37.1 Å². The molecule has 0 heterocycles. The molecule has 0 fully saturated rings. The molecule has 0 bridgehead atoms. The van der Waals surface area contributed by atoms with Crippen LogP contribution in [0.2, 0.25) is 0 Å². The van der Waals surface area contributed by atoms with Crippen molar-refractivity contribution in [3.63, 3.8) is 0 Å². The molecular formula is C34H39Cl2N3O8P2Pd-4. The molecule has 11 nitrogen and oxygen atoms in total. The van der Waals surface area contributed by atoms with E-state index in [-0.39, 0.29) is 26.6 Å². The monoisotopic (exact) mass is 855 g/mol. The number of nitrogens with zero attached hydrogens (tertiary/aromatic N) is 2. The molecule has 0 saturated carbocycles. The Morgan fingerprint density at radius 1 is 0.600 bits per heavy atom. The summed E-state index contributed by atoms with van der Waals surface area (Å²) in [6.45, 7) is 13.3. The Bertz CT molecular complexity index is 1310. The van der Waals surface area contributed by atoms with E-state index in [4.69, 9.17) is 47.8 Å². The molecule has 0 aliphatic rings. The van der Waals surface area contributed by atoms with Gasteiger partial charge in [-0.3, -0.25) is 6.42 Å². The Labute approximate surface area is 316 Å². The van der Waals surface area contributed by atoms with Gasteiger partial charge in [-0.2, -0.15) is 20.8 Å². The second kappa shape index (κ2) is 32.3. The molecule has 4 aromatic rings. The summed E-state index contributed by atoms with van der Waals surface area (Å²) >= 11 is 0. The van der Waals surface area contributed by atoms with Crippen molar-refractivity contribution < 1.29 is 78.2 Å². The van der Waals surface area contributed by atoms with Crippen LogP contribution in [0.3, 0.4) is 0 Å². The quantitative estimate of drug-likeness (QED) is 0.131. The molecule has 0 saturated heterocycles. The van der Waals surface area contributed by atoms with Crippen LogP contribution in [0.5, 0.6) is 0 Å². The van der Waals surface area contributed by atoms with Crippen LogP contribution in [0.15, 0.2) is 121 Å². The van der Waals surface area contributed by atoms with E-state index in [1.807, 2.05) is 24.3 Å². The van der Waals surface area contributed by atoms with E-state index in [0.717, 1.165) is 6.16 Å². The van der Waals surface area contributed by atoms with Crippen molar-refractivity contribution in [3.8, 4) is 12.1 Å². The van der Waals surface area contributed by atoms with Crippen LogP contribution in [-0.4, -0.2) is 6.16 Å². The normalized spacial score (nSPS) is 9.54. The van der Waals surface area contributed by atoms with E-state index in [2.05, 4.69) is 137 Å². The largest absolute Gasteiger partial charge is 2.00 e. The first-order valence-corrected chi connectivity index (χ1v) is 18.9. The van der Waals surface area contributed by atoms with Crippen molar-refractivity contribution in [1.82, 2.24) is 6.15 Å². The van der Waals surface area contributed by atoms with Gasteiger partial charge in [-0.05, 0) is 10.6 Å². The first-order chi connectivity index (χ1) is 22.4. The summed E-state index contributed by atoms with van der Waals surface area (Å²) in [5.41, 5.74) is 0. The zero-order valence-electron chi connectivity index (χ0n) is 27.6. The molecule has 0 atom stereocenters. The fourth-order valence-corrected chi connectivity index (χ4v) is 6.48. The Morgan fingerprint density at radius 2 is 0.800 bits per heavy atom. The van der Waals surface area contributed by atoms with Gasteiger partial charge in [0, 0.05) is 0 Å². The molecule has 276 valence electrons. The molecule has 50 heavy (non-hydrogen) atoms. The molecule has 0 unspecified atom stereocenters. The zero-order chi connectivity index (χ0) is 37.0. The summed E-state index contributed by atoms with van der Waals surface area (Å²) < 4.78 is 67.9. The molecular weight excluding hydrogens is 818 g/mol. The van der Waals surface area contributed by atoms with E-state index in [9.17, 15) is 0 Å². The minimum atomic E-state index is -4.94. The van der Waals surface area contributed by atoms with Gasteiger partial charge in [0.1, 0.15) is 0 Å². The van der Waals surface area contributed by atoms with Gasteiger partial charge in [0.25, 0.3) is 0 Å². The van der Waals surface area contributed by atoms with Gasteiger partial charge in [0.05, 0.1) is 0 Å². The second-order valence-corrected chi connectivity index (χ2v) is 14.8. The van der Waals surface area contributed by atoms with Crippen LogP contribution in [-0.2, 0) is 20.4 Å². The van der Waals surface area contributed by atoms with Gasteiger partial charge < -0.3 is 25.7 Å². The zero-order valence-corrected chi connectivity index (χ0v) is 32.4. The minimum absolute atomic E-state index is 0. The Balaban J connectivity index is -0.000000287. The SMILES string of the molecule is C[C-](C)C.N.N#C[CH-]CP(c1ccccc1)c1ccccc1.[CH2-]C#N.[CH2-]P(c1ccccc1)c1ccccc1.[O-][Cl+3]([O-])([O-])[O-].[O-][Cl+3]([O-])([O-])[O-].[Pd+2]. The first kappa shape index (κ1) is 54.1. The first-order valence-electron chi connectivity index (χ1n) is 13.4. The maximum atomic E-state index is 8.71. The maximum Gasteiger partial charge on any atom is 2.00 e. The van der Waals surface area contributed by atoms with Crippen LogP contribution in [0, 0.1) is 69.1 Å². The third-order valence-corrected chi connectivity index (χ3v) is 8.87. The number of rotatable bonds is 6. The van der Waals surface area contributed by atoms with E-state index in [1.54, 1.807) is 6.42 Å². The third kappa shape index (κ3) is 36.6. The number of benzene rings is 4. The van der Waals surface area contributed by atoms with Crippen LogP contribution in [0.25, 0.3) is 0 Å². The van der Waals surface area contributed by atoms with E-state index < -0.39 is 36.3 Å². The van der Waals surface area contributed by atoms with Gasteiger partial charge >= 0.3 is 20.4 Å². The molecule has 0 aromatic heterocycles. The molecule has 0 amide bonds. The van der Waals surface area contributed by atoms with Crippen LogP contribution < -0.4 is 64.6 Å². The number of hydrogen-bond donors (Lipinski definition) is 1. The van der Waals surface area contributed by atoms with Gasteiger partial charge in [-0.15, -0.1) is 38.8 Å². The molecule has 4 aromatic carbocycles. The predicted octanol–water partition coefficient (Wildman–Crippen LogP) is -1.63. The second-order valence-electron chi connectivity index (χ2n) is 9.13. The van der Waals surface area contributed by atoms with Gasteiger partial charge in [0.2, 0.25) is 0 Å². The molecule has 0 aliphatic carbocycles. The standard InChI is InChI=1S/C15H13NP.C13H12P.C4H9.C2H2N.2ClHO4.H3N.Pd/c16-12-7-13-17(14-8-3-1-4-9-14)15-10-5-2-6-11-15;1-14(12-8-4-2-5-9-12)13-10-6-3-7-11-13;1-4(2)3;1-2-3;2*2-1(3,4)5;;/h1-11H,13H2;2-11H,1H2;1-3H3;1H2;2*(H,2,3,4,5);1H3;/q4*-1;;;;+2/p-2. The fourth-order valence-electron chi connectivity index (χ4n) is 3.07. The minimum Gasteiger partial charge on any atom is -0.344 e. The van der Waals surface area contributed by atoms with Crippen molar-refractivity contribution in [1.29, 1.82) is 10.5 Å². The van der Waals surface area contributed by atoms with Crippen molar-refractivity contribution in [3.05, 3.63) is 147 Å². The van der Waals surface area contributed by atoms with Crippen molar-refractivity contribution in [2.45, 2.75) is 20.8 Å². The van der Waals surface area contributed by atoms with E-state index in [0.29, 0.717) is 0 Å². The van der Waals surface area contributed by atoms with Crippen LogP contribution in [0.1, 0.15) is 20.8 Å². The fraction of sp³-hybridized carbons (Fsp3) is 0.118. The molecule has 0 radical (unpaired) electrons. The average Bonchev–Trinajstić information content (AvgIpc) is 3.02. The van der Waals surface area contributed by atoms with Crippen LogP contribution >= 0.6 is 15.8 Å². The Hall–Kier alpha value is -2.66. The summed E-state index contributed by atoms with van der Waals surface area (Å²) in [4.78, 5) is 0. The van der Waals surface area contributed by atoms with Crippen molar-refractivity contribution in [2.75, 3.05) is 6.16 Å². The summed E-state index contributed by atoms with van der Waals surface area (Å²) in [7, 11) is -10.7. The number of halogens is 2. The maximum absolute atomic E-state index is 8.71. The van der Waals surface area contributed by atoms with E-state index in [1.165, 1.54) is 33.2 Å². The van der Waals surface area contributed by atoms with Gasteiger partial charge in [0.15, 0.2) is 0 Å². The van der Waals surface area contributed by atoms with Gasteiger partial charge in [-0.25, -0.2) is 55.7 Å². The summed E-state index contributed by atoms with van der Waals surface area (Å²) in [5, 5.41) is 21.2. The average molecular weight is 857 g/mol. The van der Waals surface area contributed by atoms with Crippen LogP contribution in [0.4, 0.5) is 0 Å². The third-order valence-electron chi connectivity index (χ3n) is 4.64. The number of hydrogen-bond acceptors (Lipinski definition) is 11. The summed E-state index contributed by atoms with van der Waals surface area (Å²) in [6.07, 6.45) is 2.52. The summed E-state index contributed by atoms with van der Waals surface area (Å²) in [5.74, 6) is 1.42. The van der Waals surface area contributed by atoms with Crippen molar-refractivity contribution in [2.24, 2.45) is 0 Å². The molecule has 3 N–H and O–H groups in total. The van der Waals surface area contributed by atoms with Gasteiger partial charge in [-0.1, -0.05) is 140 Å². The predicted molar refractivity (Wildman–Crippen MR) is 175 cm³/mol. The Morgan fingerprint density at radius 3 is 1.00 bits per heavy atom. The van der Waals surface area contributed by atoms with E-state index >= 15 is 0 Å². The summed E-state index contributed by atoms with van der Waals surface area (Å²) in [6, 6.07) is 45.4. The topological polar surface area (TPSA) is 267 Å². The molecule has 16 heteroatoms. The molecule has 0 aliphatic heterocycles. The molecule has 0 spiro atoms. The molecule has 4 rings (SSSR count). The smallest absolute Gasteiger partial charge is 0.344 e.